The summed E-state index contributed by atoms with van der Waals surface area (Å²) in [6.45, 7) is 0.190. The molecule has 0 saturated carbocycles. The number of nitrogens with zero attached hydrogens (tertiary/aromatic N) is 3. The Bertz CT molecular complexity index is 1530. The van der Waals surface area contributed by atoms with Gasteiger partial charge < -0.3 is 0 Å². The molecule has 1 amide bonds. The molecule has 0 N–H and O–H groups in total. The second kappa shape index (κ2) is 11.4. The Morgan fingerprint density at radius 3 is 2.41 bits per heavy atom. The van der Waals surface area contributed by atoms with Gasteiger partial charge >= 0.3 is 0 Å². The molecule has 186 valence electrons. The molecule has 1 aliphatic heterocycles. The number of thiocarbonyl (C=S) groups is 1. The predicted octanol–water partition coefficient (Wildman–Crippen LogP) is 7.57. The fourth-order valence-electron chi connectivity index (χ4n) is 3.79. The van der Waals surface area contributed by atoms with E-state index in [1.165, 1.54) is 28.4 Å². The van der Waals surface area contributed by atoms with Crippen LogP contribution < -0.4 is 0 Å². The van der Waals surface area contributed by atoms with E-state index in [2.05, 4.69) is 0 Å². The Kier molecular flexibility index (Phi) is 8.02. The van der Waals surface area contributed by atoms with Gasteiger partial charge in [0.1, 0.15) is 4.32 Å². The molecule has 1 saturated heterocycles. The maximum Gasteiger partial charge on any atom is 0.266 e. The maximum atomic E-state index is 13.4. The van der Waals surface area contributed by atoms with Gasteiger partial charge in [-0.2, -0.15) is 0 Å². The first-order valence-electron chi connectivity index (χ1n) is 11.3. The SMILES string of the molecule is O=C1C(=Cc2ccc(Cl)cc2)SC(=S)N1CCC(=O)n1c(SCc2ccc(Cl)cc2)nc2ccccc21. The molecule has 37 heavy (non-hydrogen) atoms. The van der Waals surface area contributed by atoms with Gasteiger partial charge in [0.05, 0.1) is 15.9 Å². The fourth-order valence-corrected chi connectivity index (χ4v) is 6.33. The van der Waals surface area contributed by atoms with Gasteiger partial charge in [-0.05, 0) is 53.6 Å². The van der Waals surface area contributed by atoms with Gasteiger partial charge in [-0.1, -0.05) is 95.3 Å². The molecule has 4 aromatic rings. The molecule has 0 unspecified atom stereocenters. The first kappa shape index (κ1) is 26.0. The molecule has 0 aliphatic carbocycles. The van der Waals surface area contributed by atoms with Gasteiger partial charge in [0.25, 0.3) is 5.91 Å². The maximum absolute atomic E-state index is 13.4. The van der Waals surface area contributed by atoms with Crippen LogP contribution in [0.15, 0.2) is 82.9 Å². The number of aromatic nitrogens is 2. The van der Waals surface area contributed by atoms with E-state index in [9.17, 15) is 9.59 Å². The summed E-state index contributed by atoms with van der Waals surface area (Å²) in [7, 11) is 0. The van der Waals surface area contributed by atoms with Crippen molar-refractivity contribution in [3.63, 3.8) is 0 Å². The summed E-state index contributed by atoms with van der Waals surface area (Å²) in [5.41, 5.74) is 3.41. The third-order valence-electron chi connectivity index (χ3n) is 5.65. The standard InChI is InChI=1S/C27H19Cl2N3O2S3/c28-19-9-5-17(6-10-19)15-23-25(34)31(27(35)37-23)14-13-24(33)32-22-4-2-1-3-21(22)30-26(32)36-16-18-7-11-20(29)12-8-18/h1-12,15H,13-14,16H2. The third-order valence-corrected chi connectivity index (χ3v) is 8.54. The molecule has 0 spiro atoms. The van der Waals surface area contributed by atoms with Crippen molar-refractivity contribution in [1.82, 2.24) is 14.5 Å². The highest BCUT2D eigenvalue weighted by Gasteiger charge is 2.32. The van der Waals surface area contributed by atoms with Crippen molar-refractivity contribution >= 4 is 92.2 Å². The predicted molar refractivity (Wildman–Crippen MR) is 157 cm³/mol. The van der Waals surface area contributed by atoms with Gasteiger partial charge in [-0.3, -0.25) is 19.1 Å². The minimum absolute atomic E-state index is 0.107. The number of fused-ring (bicyclic) bond motifs is 1. The van der Waals surface area contributed by atoms with Crippen LogP contribution in [0, 0.1) is 0 Å². The lowest BCUT2D eigenvalue weighted by Gasteiger charge is -2.15. The summed E-state index contributed by atoms with van der Waals surface area (Å²) >= 11 is 20.1. The van der Waals surface area contributed by atoms with E-state index in [-0.39, 0.29) is 24.8 Å². The van der Waals surface area contributed by atoms with E-state index >= 15 is 0 Å². The summed E-state index contributed by atoms with van der Waals surface area (Å²) in [4.78, 5) is 33.2. The minimum atomic E-state index is -0.203. The van der Waals surface area contributed by atoms with Crippen molar-refractivity contribution in [3.05, 3.63) is 98.9 Å². The molecule has 2 heterocycles. The van der Waals surface area contributed by atoms with E-state index in [1.807, 2.05) is 60.7 Å². The number of hydrogen-bond acceptors (Lipinski definition) is 6. The number of amides is 1. The van der Waals surface area contributed by atoms with Crippen molar-refractivity contribution in [3.8, 4) is 0 Å². The van der Waals surface area contributed by atoms with E-state index in [1.54, 1.807) is 22.8 Å². The third kappa shape index (κ3) is 5.94. The Morgan fingerprint density at radius 2 is 1.68 bits per heavy atom. The Morgan fingerprint density at radius 1 is 1.00 bits per heavy atom. The number of rotatable bonds is 7. The van der Waals surface area contributed by atoms with Crippen LogP contribution in [0.25, 0.3) is 17.1 Å². The number of imidazole rings is 1. The minimum Gasteiger partial charge on any atom is -0.292 e. The van der Waals surface area contributed by atoms with E-state index < -0.39 is 0 Å². The zero-order valence-electron chi connectivity index (χ0n) is 19.3. The van der Waals surface area contributed by atoms with Crippen molar-refractivity contribution < 1.29 is 9.59 Å². The van der Waals surface area contributed by atoms with Crippen molar-refractivity contribution in [2.45, 2.75) is 17.3 Å². The summed E-state index contributed by atoms with van der Waals surface area (Å²) in [6.07, 6.45) is 1.89. The summed E-state index contributed by atoms with van der Waals surface area (Å²) < 4.78 is 2.07. The zero-order valence-corrected chi connectivity index (χ0v) is 23.2. The van der Waals surface area contributed by atoms with Crippen LogP contribution in [0.4, 0.5) is 0 Å². The molecule has 0 atom stereocenters. The molecule has 0 bridgehead atoms. The number of thioether (sulfide) groups is 2. The second-order valence-corrected chi connectivity index (χ2v) is 11.7. The van der Waals surface area contributed by atoms with Crippen molar-refractivity contribution in [1.29, 1.82) is 0 Å². The zero-order chi connectivity index (χ0) is 25.9. The summed E-state index contributed by atoms with van der Waals surface area (Å²) in [6, 6.07) is 22.3. The van der Waals surface area contributed by atoms with Gasteiger partial charge in [-0.25, -0.2) is 4.98 Å². The molecule has 3 aromatic carbocycles. The van der Waals surface area contributed by atoms with Gasteiger partial charge in [-0.15, -0.1) is 0 Å². The molecule has 5 rings (SSSR count). The molecule has 0 radical (unpaired) electrons. The van der Waals surface area contributed by atoms with Gasteiger partial charge in [0.2, 0.25) is 5.91 Å². The van der Waals surface area contributed by atoms with Crippen molar-refractivity contribution in [2.24, 2.45) is 0 Å². The quantitative estimate of drug-likeness (QED) is 0.127. The molecule has 1 aliphatic rings. The number of benzene rings is 3. The fraction of sp³-hybridized carbons (Fsp3) is 0.111. The number of carbonyl (C=O) groups excluding carboxylic acids is 2. The number of halogens is 2. The number of hydrogen-bond donors (Lipinski definition) is 0. The normalized spacial score (nSPS) is 14.8. The Balaban J connectivity index is 1.32. The highest BCUT2D eigenvalue weighted by molar-refractivity contribution is 8.26. The number of carbonyl (C=O) groups is 2. The van der Waals surface area contributed by atoms with Crippen LogP contribution in [0.5, 0.6) is 0 Å². The Labute approximate surface area is 237 Å². The monoisotopic (exact) mass is 583 g/mol. The Hall–Kier alpha value is -2.62. The first-order valence-corrected chi connectivity index (χ1v) is 14.2. The highest BCUT2D eigenvalue weighted by Crippen LogP contribution is 2.33. The van der Waals surface area contributed by atoms with Gasteiger partial charge in [0.15, 0.2) is 5.16 Å². The topological polar surface area (TPSA) is 55.2 Å². The molecular weight excluding hydrogens is 565 g/mol. The van der Waals surface area contributed by atoms with Crippen LogP contribution in [0.1, 0.15) is 22.3 Å². The lowest BCUT2D eigenvalue weighted by Crippen LogP contribution is -2.31. The average molecular weight is 585 g/mol. The van der Waals surface area contributed by atoms with E-state index in [0.29, 0.717) is 30.2 Å². The largest absolute Gasteiger partial charge is 0.292 e. The molecule has 1 aromatic heterocycles. The lowest BCUT2D eigenvalue weighted by molar-refractivity contribution is -0.122. The van der Waals surface area contributed by atoms with Gasteiger partial charge in [0, 0.05) is 28.8 Å². The van der Waals surface area contributed by atoms with Crippen LogP contribution in [0.2, 0.25) is 10.0 Å². The summed E-state index contributed by atoms with van der Waals surface area (Å²) in [5.74, 6) is 0.284. The van der Waals surface area contributed by atoms with Crippen LogP contribution >= 0.6 is 58.9 Å². The average Bonchev–Trinajstić information content (AvgIpc) is 3.39. The molecule has 10 heteroatoms. The highest BCUT2D eigenvalue weighted by atomic mass is 35.5. The second-order valence-electron chi connectivity index (χ2n) is 8.16. The van der Waals surface area contributed by atoms with Crippen molar-refractivity contribution in [2.75, 3.05) is 6.54 Å². The molecular formula is C27H19Cl2N3O2S3. The number of para-hydroxylation sites is 2. The van der Waals surface area contributed by atoms with E-state index in [4.69, 9.17) is 40.4 Å². The van der Waals surface area contributed by atoms with Crippen LogP contribution in [0.3, 0.4) is 0 Å². The molecule has 1 fully saturated rings. The summed E-state index contributed by atoms with van der Waals surface area (Å²) in [5, 5.41) is 1.91. The molecule has 5 nitrogen and oxygen atoms in total. The van der Waals surface area contributed by atoms with E-state index in [0.717, 1.165) is 22.2 Å². The lowest BCUT2D eigenvalue weighted by atomic mass is 10.2. The first-order chi connectivity index (χ1) is 17.9. The van der Waals surface area contributed by atoms with Crippen LogP contribution in [-0.2, 0) is 10.5 Å². The smallest absolute Gasteiger partial charge is 0.266 e. The van der Waals surface area contributed by atoms with Crippen LogP contribution in [-0.4, -0.2) is 37.1 Å².